The fraction of sp³-hybridized carbons (Fsp3) is 0.333. The van der Waals surface area contributed by atoms with Crippen molar-refractivity contribution >= 4 is 16.7 Å². The van der Waals surface area contributed by atoms with Crippen molar-refractivity contribution in [1.82, 2.24) is 4.98 Å². The molecule has 1 aliphatic rings. The van der Waals surface area contributed by atoms with Gasteiger partial charge in [-0.3, -0.25) is 9.78 Å². The van der Waals surface area contributed by atoms with E-state index >= 15 is 0 Å². The van der Waals surface area contributed by atoms with Gasteiger partial charge in [0.15, 0.2) is 0 Å². The SMILES string of the molecule is CC1CC1C(=O)Cc1ccnc2ccccc12. The van der Waals surface area contributed by atoms with Gasteiger partial charge in [0, 0.05) is 23.9 Å². The first-order valence-corrected chi connectivity index (χ1v) is 6.11. The van der Waals surface area contributed by atoms with Crippen LogP contribution in [0.3, 0.4) is 0 Å². The number of para-hydroxylation sites is 1. The molecule has 3 rings (SSSR count). The number of ketones is 1. The largest absolute Gasteiger partial charge is 0.299 e. The normalized spacial score (nSPS) is 22.6. The molecule has 1 heterocycles. The van der Waals surface area contributed by atoms with Crippen LogP contribution in [0.25, 0.3) is 10.9 Å². The van der Waals surface area contributed by atoms with Gasteiger partial charge in [-0.05, 0) is 30.0 Å². The lowest BCUT2D eigenvalue weighted by Crippen LogP contribution is -2.06. The summed E-state index contributed by atoms with van der Waals surface area (Å²) in [6.07, 6.45) is 3.42. The van der Waals surface area contributed by atoms with E-state index in [2.05, 4.69) is 11.9 Å². The summed E-state index contributed by atoms with van der Waals surface area (Å²) in [7, 11) is 0. The van der Waals surface area contributed by atoms with Crippen molar-refractivity contribution < 1.29 is 4.79 Å². The van der Waals surface area contributed by atoms with Crippen molar-refractivity contribution in [2.75, 3.05) is 0 Å². The van der Waals surface area contributed by atoms with Crippen LogP contribution in [0.2, 0.25) is 0 Å². The minimum Gasteiger partial charge on any atom is -0.299 e. The van der Waals surface area contributed by atoms with Gasteiger partial charge in [-0.15, -0.1) is 0 Å². The van der Waals surface area contributed by atoms with E-state index in [-0.39, 0.29) is 0 Å². The van der Waals surface area contributed by atoms with Crippen molar-refractivity contribution in [3.8, 4) is 0 Å². The Kier molecular flexibility index (Phi) is 2.43. The molecule has 0 radical (unpaired) electrons. The zero-order valence-electron chi connectivity index (χ0n) is 9.89. The number of pyridine rings is 1. The first-order chi connectivity index (χ1) is 8.25. The molecule has 17 heavy (non-hydrogen) atoms. The molecule has 86 valence electrons. The monoisotopic (exact) mass is 225 g/mol. The van der Waals surface area contributed by atoms with E-state index in [1.165, 1.54) is 0 Å². The summed E-state index contributed by atoms with van der Waals surface area (Å²) >= 11 is 0. The van der Waals surface area contributed by atoms with Crippen LogP contribution in [0, 0.1) is 11.8 Å². The number of hydrogen-bond acceptors (Lipinski definition) is 2. The van der Waals surface area contributed by atoms with Crippen LogP contribution in [-0.2, 0) is 11.2 Å². The molecule has 1 aliphatic carbocycles. The fourth-order valence-corrected chi connectivity index (χ4v) is 2.40. The molecule has 0 amide bonds. The molecular weight excluding hydrogens is 210 g/mol. The van der Waals surface area contributed by atoms with Crippen LogP contribution in [0.4, 0.5) is 0 Å². The summed E-state index contributed by atoms with van der Waals surface area (Å²) in [6.45, 7) is 2.15. The Morgan fingerprint density at radius 2 is 2.12 bits per heavy atom. The van der Waals surface area contributed by atoms with Crippen LogP contribution < -0.4 is 0 Å². The predicted octanol–water partition coefficient (Wildman–Crippen LogP) is 3.00. The number of carbonyl (C=O) groups excluding carboxylic acids is 1. The number of fused-ring (bicyclic) bond motifs is 1. The van der Waals surface area contributed by atoms with E-state index in [1.807, 2.05) is 30.3 Å². The van der Waals surface area contributed by atoms with E-state index < -0.39 is 0 Å². The fourth-order valence-electron chi connectivity index (χ4n) is 2.40. The van der Waals surface area contributed by atoms with Gasteiger partial charge in [0.05, 0.1) is 5.52 Å². The smallest absolute Gasteiger partial charge is 0.140 e. The molecule has 1 fully saturated rings. The van der Waals surface area contributed by atoms with Crippen LogP contribution >= 0.6 is 0 Å². The van der Waals surface area contributed by atoms with E-state index in [0.717, 1.165) is 22.9 Å². The second kappa shape index (κ2) is 3.95. The molecule has 0 aliphatic heterocycles. The number of Topliss-reactive ketones (excluding diaryl/α,β-unsaturated/α-hetero) is 1. The highest BCUT2D eigenvalue weighted by Gasteiger charge is 2.38. The van der Waals surface area contributed by atoms with Gasteiger partial charge in [0.2, 0.25) is 0 Å². The Balaban J connectivity index is 1.92. The van der Waals surface area contributed by atoms with E-state index in [9.17, 15) is 4.79 Å². The Labute approximate surface area is 101 Å². The van der Waals surface area contributed by atoms with Gasteiger partial charge >= 0.3 is 0 Å². The first kappa shape index (κ1) is 10.5. The third-order valence-electron chi connectivity index (χ3n) is 3.63. The molecule has 0 bridgehead atoms. The minimum absolute atomic E-state index is 0.307. The summed E-state index contributed by atoms with van der Waals surface area (Å²) in [4.78, 5) is 16.3. The molecule has 2 aromatic rings. The van der Waals surface area contributed by atoms with Gasteiger partial charge in [0.25, 0.3) is 0 Å². The van der Waals surface area contributed by atoms with Gasteiger partial charge in [-0.25, -0.2) is 0 Å². The van der Waals surface area contributed by atoms with Crippen LogP contribution in [0.5, 0.6) is 0 Å². The summed E-state index contributed by atoms with van der Waals surface area (Å²) in [5, 5.41) is 1.11. The van der Waals surface area contributed by atoms with Crippen molar-refractivity contribution in [1.29, 1.82) is 0 Å². The highest BCUT2D eigenvalue weighted by atomic mass is 16.1. The molecule has 1 saturated carbocycles. The lowest BCUT2D eigenvalue weighted by Gasteiger charge is -2.04. The van der Waals surface area contributed by atoms with Gasteiger partial charge in [-0.1, -0.05) is 25.1 Å². The second-order valence-electron chi connectivity index (χ2n) is 4.95. The number of benzene rings is 1. The van der Waals surface area contributed by atoms with Crippen LogP contribution in [-0.4, -0.2) is 10.8 Å². The standard InChI is InChI=1S/C15H15NO/c1-10-8-13(10)15(17)9-11-6-7-16-14-5-3-2-4-12(11)14/h2-7,10,13H,8-9H2,1H3. The summed E-state index contributed by atoms with van der Waals surface area (Å²) in [6, 6.07) is 9.97. The number of hydrogen-bond donors (Lipinski definition) is 0. The highest BCUT2D eigenvalue weighted by Crippen LogP contribution is 2.39. The maximum Gasteiger partial charge on any atom is 0.140 e. The Bertz CT molecular complexity index is 571. The van der Waals surface area contributed by atoms with Crippen LogP contribution in [0.15, 0.2) is 36.5 Å². The lowest BCUT2D eigenvalue weighted by molar-refractivity contribution is -0.119. The van der Waals surface area contributed by atoms with Crippen molar-refractivity contribution in [2.45, 2.75) is 19.8 Å². The number of nitrogens with zero attached hydrogens (tertiary/aromatic N) is 1. The highest BCUT2D eigenvalue weighted by molar-refractivity contribution is 5.91. The third kappa shape index (κ3) is 1.95. The molecular formula is C15H15NO. The van der Waals surface area contributed by atoms with Crippen LogP contribution in [0.1, 0.15) is 18.9 Å². The maximum atomic E-state index is 12.0. The quantitative estimate of drug-likeness (QED) is 0.803. The molecule has 2 atom stereocenters. The molecule has 0 saturated heterocycles. The Hall–Kier alpha value is -1.70. The van der Waals surface area contributed by atoms with E-state index in [1.54, 1.807) is 6.20 Å². The molecule has 1 aromatic heterocycles. The van der Waals surface area contributed by atoms with Crippen molar-refractivity contribution in [3.05, 3.63) is 42.1 Å². The number of carbonyl (C=O) groups is 1. The Morgan fingerprint density at radius 1 is 1.35 bits per heavy atom. The molecule has 2 nitrogen and oxygen atoms in total. The summed E-state index contributed by atoms with van der Waals surface area (Å²) in [5.74, 6) is 1.28. The van der Waals surface area contributed by atoms with E-state index in [4.69, 9.17) is 0 Å². The van der Waals surface area contributed by atoms with Gasteiger partial charge in [-0.2, -0.15) is 0 Å². The molecule has 0 N–H and O–H groups in total. The first-order valence-electron chi connectivity index (χ1n) is 6.11. The number of aromatic nitrogens is 1. The van der Waals surface area contributed by atoms with Crippen molar-refractivity contribution in [3.63, 3.8) is 0 Å². The number of rotatable bonds is 3. The van der Waals surface area contributed by atoms with Crippen molar-refractivity contribution in [2.24, 2.45) is 11.8 Å². The Morgan fingerprint density at radius 3 is 2.88 bits per heavy atom. The molecule has 0 spiro atoms. The molecule has 2 heteroatoms. The average molecular weight is 225 g/mol. The molecule has 2 unspecified atom stereocenters. The zero-order valence-corrected chi connectivity index (χ0v) is 9.89. The second-order valence-corrected chi connectivity index (χ2v) is 4.95. The average Bonchev–Trinajstić information content (AvgIpc) is 3.07. The molecule has 1 aromatic carbocycles. The summed E-state index contributed by atoms with van der Waals surface area (Å²) < 4.78 is 0. The third-order valence-corrected chi connectivity index (χ3v) is 3.63. The topological polar surface area (TPSA) is 30.0 Å². The summed E-state index contributed by atoms with van der Waals surface area (Å²) in [5.41, 5.74) is 2.08. The van der Waals surface area contributed by atoms with E-state index in [0.29, 0.717) is 24.0 Å². The lowest BCUT2D eigenvalue weighted by atomic mass is 10.0. The predicted molar refractivity (Wildman–Crippen MR) is 67.7 cm³/mol. The van der Waals surface area contributed by atoms with Gasteiger partial charge in [0.1, 0.15) is 5.78 Å². The zero-order chi connectivity index (χ0) is 11.8. The maximum absolute atomic E-state index is 12.0. The minimum atomic E-state index is 0.307. The van der Waals surface area contributed by atoms with Gasteiger partial charge < -0.3 is 0 Å².